The second-order valence-electron chi connectivity index (χ2n) is 6.42. The number of hydrogen-bond donors (Lipinski definition) is 2. The van der Waals surface area contributed by atoms with E-state index < -0.39 is 17.8 Å². The summed E-state index contributed by atoms with van der Waals surface area (Å²) in [7, 11) is 0. The summed E-state index contributed by atoms with van der Waals surface area (Å²) in [6.07, 6.45) is 1.55. The van der Waals surface area contributed by atoms with E-state index in [9.17, 15) is 14.4 Å². The molecule has 150 valence electrons. The Kier molecular flexibility index (Phi) is 6.33. The van der Waals surface area contributed by atoms with Gasteiger partial charge in [-0.25, -0.2) is 9.69 Å². The number of nitrogens with zero attached hydrogens (tertiary/aromatic N) is 1. The summed E-state index contributed by atoms with van der Waals surface area (Å²) in [5.74, 6) is -0.327. The Morgan fingerprint density at radius 2 is 1.93 bits per heavy atom. The molecule has 0 aliphatic carbocycles. The molecule has 3 rings (SSSR count). The van der Waals surface area contributed by atoms with Gasteiger partial charge in [-0.15, -0.1) is 0 Å². The first-order chi connectivity index (χ1) is 13.9. The molecule has 0 aromatic heterocycles. The molecule has 4 amide bonds. The molecule has 0 bridgehead atoms. The quantitative estimate of drug-likeness (QED) is 0.511. The molecule has 2 N–H and O–H groups in total. The molecular weight excluding hydrogens is 438 g/mol. The second-order valence-corrected chi connectivity index (χ2v) is 7.27. The second kappa shape index (κ2) is 8.91. The summed E-state index contributed by atoms with van der Waals surface area (Å²) in [4.78, 5) is 37.8. The third-order valence-corrected chi connectivity index (χ3v) is 4.79. The first-order valence-corrected chi connectivity index (χ1v) is 9.80. The normalized spacial score (nSPS) is 14.9. The Morgan fingerprint density at radius 3 is 2.59 bits per heavy atom. The SMILES string of the molecule is CCOc1ccc(/C=C2/NC(=O)N(CC(=O)Nc3ccc(C)cc3)C2=O)cc1Br. The minimum absolute atomic E-state index is 0.106. The van der Waals surface area contributed by atoms with E-state index in [0.29, 0.717) is 23.6 Å². The van der Waals surface area contributed by atoms with Gasteiger partial charge in [-0.1, -0.05) is 23.8 Å². The zero-order chi connectivity index (χ0) is 21.0. The lowest BCUT2D eigenvalue weighted by molar-refractivity contribution is -0.127. The van der Waals surface area contributed by atoms with Crippen LogP contribution in [0.25, 0.3) is 6.08 Å². The summed E-state index contributed by atoms with van der Waals surface area (Å²) in [6.45, 7) is 3.99. The van der Waals surface area contributed by atoms with Crippen molar-refractivity contribution in [2.45, 2.75) is 13.8 Å². The van der Waals surface area contributed by atoms with Crippen LogP contribution in [0.2, 0.25) is 0 Å². The molecule has 2 aromatic rings. The minimum Gasteiger partial charge on any atom is -0.493 e. The number of halogens is 1. The summed E-state index contributed by atoms with van der Waals surface area (Å²) < 4.78 is 6.19. The Labute approximate surface area is 176 Å². The van der Waals surface area contributed by atoms with Crippen LogP contribution in [0.1, 0.15) is 18.1 Å². The highest BCUT2D eigenvalue weighted by Crippen LogP contribution is 2.27. The first kappa shape index (κ1) is 20.6. The molecular formula is C21H20BrN3O4. The van der Waals surface area contributed by atoms with Crippen LogP contribution < -0.4 is 15.4 Å². The number of ether oxygens (including phenoxy) is 1. The van der Waals surface area contributed by atoms with Gasteiger partial charge in [-0.2, -0.15) is 0 Å². The molecule has 2 aromatic carbocycles. The Morgan fingerprint density at radius 1 is 1.21 bits per heavy atom. The molecule has 29 heavy (non-hydrogen) atoms. The third-order valence-electron chi connectivity index (χ3n) is 4.17. The summed E-state index contributed by atoms with van der Waals surface area (Å²) in [6, 6.07) is 11.9. The monoisotopic (exact) mass is 457 g/mol. The van der Waals surface area contributed by atoms with Gasteiger partial charge < -0.3 is 15.4 Å². The van der Waals surface area contributed by atoms with Crippen molar-refractivity contribution < 1.29 is 19.1 Å². The highest BCUT2D eigenvalue weighted by Gasteiger charge is 2.34. The highest BCUT2D eigenvalue weighted by atomic mass is 79.9. The summed E-state index contributed by atoms with van der Waals surface area (Å²) in [5.41, 5.74) is 2.47. The van der Waals surface area contributed by atoms with Gasteiger partial charge in [0.05, 0.1) is 11.1 Å². The minimum atomic E-state index is -0.634. The van der Waals surface area contributed by atoms with E-state index >= 15 is 0 Å². The molecule has 1 saturated heterocycles. The van der Waals surface area contributed by atoms with Gasteiger partial charge in [0.25, 0.3) is 5.91 Å². The fourth-order valence-corrected chi connectivity index (χ4v) is 3.25. The molecule has 1 heterocycles. The molecule has 0 saturated carbocycles. The van der Waals surface area contributed by atoms with Crippen LogP contribution in [0.4, 0.5) is 10.5 Å². The van der Waals surface area contributed by atoms with Crippen molar-refractivity contribution in [3.05, 3.63) is 63.8 Å². The van der Waals surface area contributed by atoms with Crippen molar-refractivity contribution >= 4 is 45.5 Å². The number of carbonyl (C=O) groups excluding carboxylic acids is 3. The van der Waals surface area contributed by atoms with Gasteiger partial charge in [-0.3, -0.25) is 9.59 Å². The summed E-state index contributed by atoms with van der Waals surface area (Å²) in [5, 5.41) is 5.19. The lowest BCUT2D eigenvalue weighted by Gasteiger charge is -2.12. The van der Waals surface area contributed by atoms with E-state index in [1.165, 1.54) is 0 Å². The van der Waals surface area contributed by atoms with E-state index in [1.54, 1.807) is 36.4 Å². The molecule has 1 fully saturated rings. The van der Waals surface area contributed by atoms with Crippen molar-refractivity contribution in [2.75, 3.05) is 18.5 Å². The number of benzene rings is 2. The number of carbonyl (C=O) groups is 3. The molecule has 7 nitrogen and oxygen atoms in total. The van der Waals surface area contributed by atoms with E-state index in [1.807, 2.05) is 26.0 Å². The molecule has 1 aliphatic rings. The number of aryl methyl sites for hydroxylation is 1. The Bertz CT molecular complexity index is 986. The van der Waals surface area contributed by atoms with Crippen LogP contribution in [-0.2, 0) is 9.59 Å². The van der Waals surface area contributed by atoms with Gasteiger partial charge in [0.15, 0.2) is 0 Å². The van der Waals surface area contributed by atoms with E-state index in [2.05, 4.69) is 26.6 Å². The van der Waals surface area contributed by atoms with Gasteiger partial charge >= 0.3 is 6.03 Å². The van der Waals surface area contributed by atoms with E-state index in [0.717, 1.165) is 14.9 Å². The Balaban J connectivity index is 1.69. The zero-order valence-corrected chi connectivity index (χ0v) is 17.6. The molecule has 1 aliphatic heterocycles. The van der Waals surface area contributed by atoms with Crippen molar-refractivity contribution in [1.29, 1.82) is 0 Å². The number of nitrogens with one attached hydrogen (secondary N) is 2. The van der Waals surface area contributed by atoms with Crippen LogP contribution in [0.5, 0.6) is 5.75 Å². The zero-order valence-electron chi connectivity index (χ0n) is 16.0. The molecule has 0 spiro atoms. The third kappa shape index (κ3) is 5.03. The van der Waals surface area contributed by atoms with Gasteiger partial charge in [0.1, 0.15) is 18.0 Å². The highest BCUT2D eigenvalue weighted by molar-refractivity contribution is 9.10. The van der Waals surface area contributed by atoms with Crippen molar-refractivity contribution in [1.82, 2.24) is 10.2 Å². The van der Waals surface area contributed by atoms with Gasteiger partial charge in [-0.05, 0) is 65.7 Å². The topological polar surface area (TPSA) is 87.7 Å². The average molecular weight is 458 g/mol. The first-order valence-electron chi connectivity index (χ1n) is 9.01. The maximum absolute atomic E-state index is 12.6. The molecule has 0 atom stereocenters. The van der Waals surface area contributed by atoms with E-state index in [-0.39, 0.29) is 12.2 Å². The van der Waals surface area contributed by atoms with Crippen LogP contribution in [-0.4, -0.2) is 35.9 Å². The molecule has 0 radical (unpaired) electrons. The predicted molar refractivity (Wildman–Crippen MR) is 113 cm³/mol. The smallest absolute Gasteiger partial charge is 0.329 e. The average Bonchev–Trinajstić information content (AvgIpc) is 2.93. The van der Waals surface area contributed by atoms with Crippen LogP contribution in [0, 0.1) is 6.92 Å². The van der Waals surface area contributed by atoms with Gasteiger partial charge in [0.2, 0.25) is 5.91 Å². The van der Waals surface area contributed by atoms with Crippen molar-refractivity contribution in [3.63, 3.8) is 0 Å². The number of amides is 4. The van der Waals surface area contributed by atoms with Crippen molar-refractivity contribution in [3.8, 4) is 5.75 Å². The largest absolute Gasteiger partial charge is 0.493 e. The maximum atomic E-state index is 12.6. The summed E-state index contributed by atoms with van der Waals surface area (Å²) >= 11 is 3.42. The van der Waals surface area contributed by atoms with Crippen LogP contribution >= 0.6 is 15.9 Å². The number of hydrogen-bond acceptors (Lipinski definition) is 4. The van der Waals surface area contributed by atoms with Crippen LogP contribution in [0.3, 0.4) is 0 Å². The Hall–Kier alpha value is -3.13. The number of anilines is 1. The molecule has 8 heteroatoms. The molecule has 0 unspecified atom stereocenters. The number of rotatable bonds is 6. The number of imide groups is 1. The predicted octanol–water partition coefficient (Wildman–Crippen LogP) is 3.69. The fraction of sp³-hybridized carbons (Fsp3) is 0.190. The van der Waals surface area contributed by atoms with Gasteiger partial charge in [0, 0.05) is 5.69 Å². The van der Waals surface area contributed by atoms with Crippen LogP contribution in [0.15, 0.2) is 52.6 Å². The lowest BCUT2D eigenvalue weighted by Crippen LogP contribution is -2.38. The number of urea groups is 1. The van der Waals surface area contributed by atoms with Crippen molar-refractivity contribution in [2.24, 2.45) is 0 Å². The maximum Gasteiger partial charge on any atom is 0.329 e. The lowest BCUT2D eigenvalue weighted by atomic mass is 10.2. The fourth-order valence-electron chi connectivity index (χ4n) is 2.74. The van der Waals surface area contributed by atoms with E-state index in [4.69, 9.17) is 4.74 Å². The standard InChI is InChI=1S/C21H20BrN3O4/c1-3-29-18-9-6-14(10-16(18)22)11-17-20(27)25(21(28)24-17)12-19(26)23-15-7-4-13(2)5-8-15/h4-11H,3,12H2,1-2H3,(H,23,26)(H,24,28)/b17-11+.